The Balaban J connectivity index is 2.64. The van der Waals surface area contributed by atoms with Crippen molar-refractivity contribution in [3.8, 4) is 0 Å². The molecule has 0 amide bonds. The molecule has 0 aromatic carbocycles. The molecule has 0 saturated heterocycles. The molecule has 10 heavy (non-hydrogen) atoms. The second-order valence-electron chi connectivity index (χ2n) is 2.17. The van der Waals surface area contributed by atoms with Crippen LogP contribution in [-0.4, -0.2) is 5.97 Å². The first kappa shape index (κ1) is 6.99. The molecule has 0 aromatic heterocycles. The van der Waals surface area contributed by atoms with E-state index in [-0.39, 0.29) is 12.0 Å². The lowest BCUT2D eigenvalue weighted by molar-refractivity contribution is -0.299. The van der Waals surface area contributed by atoms with E-state index in [1.807, 2.05) is 0 Å². The van der Waals surface area contributed by atoms with Crippen LogP contribution in [0.3, 0.4) is 0 Å². The maximum Gasteiger partial charge on any atom is 0.0865 e. The van der Waals surface area contributed by atoms with Crippen LogP contribution >= 0.6 is 0 Å². The highest BCUT2D eigenvalue weighted by Gasteiger charge is 2.09. The first-order chi connectivity index (χ1) is 4.74. The van der Waals surface area contributed by atoms with Crippen molar-refractivity contribution >= 4 is 5.97 Å². The smallest absolute Gasteiger partial charge is 0.0865 e. The van der Waals surface area contributed by atoms with Crippen molar-refractivity contribution in [2.24, 2.45) is 0 Å². The van der Waals surface area contributed by atoms with Crippen LogP contribution in [0.2, 0.25) is 0 Å². The summed E-state index contributed by atoms with van der Waals surface area (Å²) >= 11 is 0. The third-order valence-electron chi connectivity index (χ3n) is 1.44. The maximum atomic E-state index is 11.7. The van der Waals surface area contributed by atoms with Crippen LogP contribution in [-0.2, 0) is 4.79 Å². The number of halogens is 1. The van der Waals surface area contributed by atoms with Crippen molar-refractivity contribution in [1.82, 2.24) is 0 Å². The number of carboxylic acid groups (broad SMARTS) is 1. The Morgan fingerprint density at radius 1 is 1.80 bits per heavy atom. The van der Waals surface area contributed by atoms with E-state index in [4.69, 9.17) is 0 Å². The lowest BCUT2D eigenvalue weighted by Gasteiger charge is -1.99. The second-order valence-corrected chi connectivity index (χ2v) is 2.17. The Kier molecular flexibility index (Phi) is 1.85. The summed E-state index contributed by atoms with van der Waals surface area (Å²) in [5.74, 6) is -1.20. The molecular weight excluding hydrogens is 135 g/mol. The Hall–Kier alpha value is -1.12. The number of hydrogen-bond donors (Lipinski definition) is 0. The average Bonchev–Trinajstić information content (AvgIpc) is 2.34. The van der Waals surface area contributed by atoms with Crippen LogP contribution in [0.5, 0.6) is 0 Å². The first-order valence-electron chi connectivity index (χ1n) is 2.92. The minimum absolute atomic E-state index is 0.184. The van der Waals surface area contributed by atoms with Gasteiger partial charge < -0.3 is 9.90 Å². The van der Waals surface area contributed by atoms with Crippen molar-refractivity contribution in [2.75, 3.05) is 0 Å². The fourth-order valence-corrected chi connectivity index (χ4v) is 0.882. The van der Waals surface area contributed by atoms with Gasteiger partial charge in [0.1, 0.15) is 0 Å². The Morgan fingerprint density at radius 2 is 2.50 bits per heavy atom. The van der Waals surface area contributed by atoms with Gasteiger partial charge in [-0.25, -0.2) is 4.39 Å². The molecule has 0 radical (unpaired) electrons. The standard InChI is InChI=1S/C7H7FO2/c8-4-5-1-2-6(3-5)7(9)10/h2,4H,1,3H2,(H,9,10)/p-1/b5-4-. The summed E-state index contributed by atoms with van der Waals surface area (Å²) in [4.78, 5) is 10.1. The molecule has 0 aromatic rings. The molecule has 0 N–H and O–H groups in total. The van der Waals surface area contributed by atoms with Gasteiger partial charge in [-0.1, -0.05) is 6.08 Å². The SMILES string of the molecule is O=C([O-])C1=CC/C(=C/F)C1. The zero-order chi connectivity index (χ0) is 7.56. The third-order valence-corrected chi connectivity index (χ3v) is 1.44. The predicted molar refractivity (Wildman–Crippen MR) is 31.5 cm³/mol. The molecule has 1 aliphatic rings. The largest absolute Gasteiger partial charge is 0.545 e. The minimum Gasteiger partial charge on any atom is -0.545 e. The van der Waals surface area contributed by atoms with E-state index < -0.39 is 5.97 Å². The Morgan fingerprint density at radius 3 is 2.80 bits per heavy atom. The lowest BCUT2D eigenvalue weighted by atomic mass is 10.2. The van der Waals surface area contributed by atoms with Crippen molar-refractivity contribution < 1.29 is 14.3 Å². The molecule has 1 aliphatic carbocycles. The molecule has 2 nitrogen and oxygen atoms in total. The molecule has 54 valence electrons. The zero-order valence-corrected chi connectivity index (χ0v) is 5.26. The second kappa shape index (κ2) is 2.64. The maximum absolute atomic E-state index is 11.7. The van der Waals surface area contributed by atoms with Crippen LogP contribution in [0.4, 0.5) is 4.39 Å². The monoisotopic (exact) mass is 141 g/mol. The van der Waals surface area contributed by atoms with Crippen LogP contribution in [0.15, 0.2) is 23.6 Å². The minimum atomic E-state index is -1.20. The average molecular weight is 141 g/mol. The molecule has 0 aliphatic heterocycles. The van der Waals surface area contributed by atoms with E-state index in [1.165, 1.54) is 6.08 Å². The molecule has 0 unspecified atom stereocenters. The number of hydrogen-bond acceptors (Lipinski definition) is 2. The van der Waals surface area contributed by atoms with Gasteiger partial charge in [0.2, 0.25) is 0 Å². The molecule has 0 heterocycles. The highest BCUT2D eigenvalue weighted by molar-refractivity contribution is 5.86. The van der Waals surface area contributed by atoms with Crippen LogP contribution in [0.25, 0.3) is 0 Å². The third kappa shape index (κ3) is 1.23. The summed E-state index contributed by atoms with van der Waals surface area (Å²) in [5, 5.41) is 10.1. The van der Waals surface area contributed by atoms with Crippen LogP contribution in [0.1, 0.15) is 12.8 Å². The summed E-state index contributed by atoms with van der Waals surface area (Å²) in [7, 11) is 0. The molecule has 0 spiro atoms. The van der Waals surface area contributed by atoms with Gasteiger partial charge in [-0.15, -0.1) is 0 Å². The molecule has 0 fully saturated rings. The number of allylic oxidation sites excluding steroid dienone is 2. The highest BCUT2D eigenvalue weighted by atomic mass is 19.1. The zero-order valence-electron chi connectivity index (χ0n) is 5.26. The fraction of sp³-hybridized carbons (Fsp3) is 0.286. The van der Waals surface area contributed by atoms with Crippen molar-refractivity contribution in [3.05, 3.63) is 23.6 Å². The predicted octanol–water partition coefficient (Wildman–Crippen LogP) is 0.310. The van der Waals surface area contributed by atoms with Crippen molar-refractivity contribution in [2.45, 2.75) is 12.8 Å². The molecule has 0 bridgehead atoms. The number of rotatable bonds is 1. The quantitative estimate of drug-likeness (QED) is 0.527. The van der Waals surface area contributed by atoms with Crippen LogP contribution < -0.4 is 5.11 Å². The van der Waals surface area contributed by atoms with Gasteiger partial charge in [-0.3, -0.25) is 0 Å². The highest BCUT2D eigenvalue weighted by Crippen LogP contribution is 2.23. The van der Waals surface area contributed by atoms with Gasteiger partial charge in [0.15, 0.2) is 0 Å². The summed E-state index contributed by atoms with van der Waals surface area (Å²) in [6.07, 6.45) is 2.52. The number of carbonyl (C=O) groups is 1. The van der Waals surface area contributed by atoms with Gasteiger partial charge in [0.25, 0.3) is 0 Å². The molecule has 0 atom stereocenters. The number of aliphatic carboxylic acids is 1. The lowest BCUT2D eigenvalue weighted by Crippen LogP contribution is -2.23. The Bertz CT molecular complexity index is 216. The van der Waals surface area contributed by atoms with Crippen molar-refractivity contribution in [1.29, 1.82) is 0 Å². The van der Waals surface area contributed by atoms with Gasteiger partial charge in [-0.2, -0.15) is 0 Å². The normalized spacial score (nSPS) is 21.3. The molecule has 0 saturated carbocycles. The van der Waals surface area contributed by atoms with Gasteiger partial charge in [0, 0.05) is 0 Å². The van der Waals surface area contributed by atoms with Gasteiger partial charge >= 0.3 is 0 Å². The molecule has 3 heteroatoms. The topological polar surface area (TPSA) is 40.1 Å². The van der Waals surface area contributed by atoms with Gasteiger partial charge in [0.05, 0.1) is 12.3 Å². The Labute approximate surface area is 57.7 Å². The van der Waals surface area contributed by atoms with E-state index in [0.717, 1.165) is 0 Å². The number of carboxylic acids is 1. The fourth-order valence-electron chi connectivity index (χ4n) is 0.882. The van der Waals surface area contributed by atoms with Crippen LogP contribution in [0, 0.1) is 0 Å². The first-order valence-corrected chi connectivity index (χ1v) is 2.92. The number of carbonyl (C=O) groups excluding carboxylic acids is 1. The van der Waals surface area contributed by atoms with E-state index in [9.17, 15) is 14.3 Å². The van der Waals surface area contributed by atoms with E-state index in [2.05, 4.69) is 0 Å². The summed E-state index contributed by atoms with van der Waals surface area (Å²) in [5.41, 5.74) is 0.683. The van der Waals surface area contributed by atoms with Crippen molar-refractivity contribution in [3.63, 3.8) is 0 Å². The summed E-state index contributed by atoms with van der Waals surface area (Å²) in [6, 6.07) is 0. The molecule has 1 rings (SSSR count). The van der Waals surface area contributed by atoms with Gasteiger partial charge in [-0.05, 0) is 24.0 Å². The summed E-state index contributed by atoms with van der Waals surface area (Å²) in [6.45, 7) is 0. The van der Waals surface area contributed by atoms with E-state index in [0.29, 0.717) is 18.3 Å². The summed E-state index contributed by atoms with van der Waals surface area (Å²) < 4.78 is 11.7. The van der Waals surface area contributed by atoms with E-state index >= 15 is 0 Å². The van der Waals surface area contributed by atoms with E-state index in [1.54, 1.807) is 0 Å². The molecular formula is C7H6FO2-.